The van der Waals surface area contributed by atoms with E-state index >= 15 is 0 Å². The van der Waals surface area contributed by atoms with Gasteiger partial charge < -0.3 is 19.8 Å². The van der Waals surface area contributed by atoms with E-state index in [1.54, 1.807) is 18.2 Å². The molecular formula is C29H35N3O6S. The van der Waals surface area contributed by atoms with Crippen molar-refractivity contribution in [3.8, 4) is 0 Å². The maximum Gasteiger partial charge on any atom is 0.266 e. The van der Waals surface area contributed by atoms with Gasteiger partial charge in [0.25, 0.3) is 5.89 Å². The number of aryl methyl sites for hydroxylation is 1. The Labute approximate surface area is 228 Å². The fraction of sp³-hybridized carbons (Fsp3) is 0.483. The second-order valence-corrected chi connectivity index (χ2v) is 12.7. The van der Waals surface area contributed by atoms with Crippen molar-refractivity contribution in [3.05, 3.63) is 66.1 Å². The molecule has 2 N–H and O–H groups in total. The summed E-state index contributed by atoms with van der Waals surface area (Å²) in [4.78, 5) is 31.6. The number of amides is 1. The van der Waals surface area contributed by atoms with Crippen LogP contribution in [0.1, 0.15) is 48.4 Å². The molecule has 2 atom stereocenters. The quantitative estimate of drug-likeness (QED) is 0.309. The van der Waals surface area contributed by atoms with Crippen molar-refractivity contribution in [3.63, 3.8) is 0 Å². The minimum Gasteiger partial charge on any atom is -0.434 e. The van der Waals surface area contributed by atoms with Crippen molar-refractivity contribution in [1.82, 2.24) is 15.6 Å². The number of sulfone groups is 1. The van der Waals surface area contributed by atoms with Crippen LogP contribution in [0.3, 0.4) is 0 Å². The standard InChI is InChI=1S/C29H35N3O6S/c33-27(29-32-23-8-4-5-9-26(23)38-29)24(13-12-20-6-2-1-3-7-20)31-28(34)25(30-22-14-16-37-17-15-22)19-39(35,36)18-21-10-11-21/h1-9,21-22,24-25,30H,10-19H2,(H,31,34)/t24-,25-/m0/s1. The van der Waals surface area contributed by atoms with Crippen LogP contribution >= 0.6 is 0 Å². The average molecular weight is 554 g/mol. The Balaban J connectivity index is 1.36. The highest BCUT2D eigenvalue weighted by Crippen LogP contribution is 2.30. The van der Waals surface area contributed by atoms with Crippen LogP contribution in [-0.2, 0) is 25.8 Å². The zero-order valence-electron chi connectivity index (χ0n) is 21.9. The first kappa shape index (κ1) is 27.5. The fourth-order valence-corrected chi connectivity index (χ4v) is 6.88. The van der Waals surface area contributed by atoms with E-state index < -0.39 is 33.6 Å². The number of nitrogens with one attached hydrogen (secondary N) is 2. The Hall–Kier alpha value is -3.08. The van der Waals surface area contributed by atoms with Crippen LogP contribution in [0.15, 0.2) is 59.0 Å². The summed E-state index contributed by atoms with van der Waals surface area (Å²) in [5.41, 5.74) is 2.06. The molecule has 208 valence electrons. The van der Waals surface area contributed by atoms with Gasteiger partial charge in [0, 0.05) is 19.3 Å². The van der Waals surface area contributed by atoms with Crippen molar-refractivity contribution >= 4 is 32.6 Å². The predicted molar refractivity (Wildman–Crippen MR) is 147 cm³/mol. The summed E-state index contributed by atoms with van der Waals surface area (Å²) in [6.07, 6.45) is 4.04. The van der Waals surface area contributed by atoms with Crippen LogP contribution < -0.4 is 10.6 Å². The maximum atomic E-state index is 13.7. The van der Waals surface area contributed by atoms with E-state index in [0.29, 0.717) is 50.0 Å². The van der Waals surface area contributed by atoms with Crippen molar-refractivity contribution in [2.75, 3.05) is 24.7 Å². The number of carbonyl (C=O) groups excluding carboxylic acids is 2. The molecule has 1 aromatic heterocycles. The molecule has 0 bridgehead atoms. The van der Waals surface area contributed by atoms with Crippen LogP contribution in [0.25, 0.3) is 11.1 Å². The molecule has 10 heteroatoms. The monoisotopic (exact) mass is 553 g/mol. The molecule has 2 fully saturated rings. The van der Waals surface area contributed by atoms with Crippen LogP contribution in [-0.4, -0.2) is 67.9 Å². The Morgan fingerprint density at radius 3 is 2.38 bits per heavy atom. The number of fused-ring (bicyclic) bond motifs is 1. The normalized spacial score (nSPS) is 18.1. The highest BCUT2D eigenvalue weighted by molar-refractivity contribution is 7.91. The number of ether oxygens (including phenoxy) is 1. The molecule has 39 heavy (non-hydrogen) atoms. The SMILES string of the molecule is O=C(N[C@@H](CCc1ccccc1)C(=O)c1nc2ccccc2o1)[C@H](CS(=O)(=O)CC1CC1)NC1CCOCC1. The van der Waals surface area contributed by atoms with Gasteiger partial charge in [0.2, 0.25) is 11.7 Å². The first-order chi connectivity index (χ1) is 18.9. The Morgan fingerprint density at radius 2 is 1.67 bits per heavy atom. The van der Waals surface area contributed by atoms with Crippen LogP contribution in [0.4, 0.5) is 0 Å². The molecule has 0 radical (unpaired) electrons. The predicted octanol–water partition coefficient (Wildman–Crippen LogP) is 3.09. The van der Waals surface area contributed by atoms with Gasteiger partial charge in [-0.3, -0.25) is 9.59 Å². The summed E-state index contributed by atoms with van der Waals surface area (Å²) in [7, 11) is -3.46. The molecule has 1 aliphatic carbocycles. The summed E-state index contributed by atoms with van der Waals surface area (Å²) >= 11 is 0. The molecule has 1 aliphatic heterocycles. The number of aromatic nitrogens is 1. The van der Waals surface area contributed by atoms with Gasteiger partial charge in [0.15, 0.2) is 15.4 Å². The number of benzene rings is 2. The van der Waals surface area contributed by atoms with Gasteiger partial charge in [-0.1, -0.05) is 42.5 Å². The molecule has 2 aromatic carbocycles. The third kappa shape index (κ3) is 7.74. The van der Waals surface area contributed by atoms with Crippen LogP contribution in [0, 0.1) is 5.92 Å². The van der Waals surface area contributed by atoms with E-state index in [1.807, 2.05) is 36.4 Å². The largest absolute Gasteiger partial charge is 0.434 e. The van der Waals surface area contributed by atoms with Crippen molar-refractivity contribution in [2.24, 2.45) is 5.92 Å². The Bertz CT molecular complexity index is 1350. The summed E-state index contributed by atoms with van der Waals surface area (Å²) in [5.74, 6) is -1.07. The number of hydrogen-bond donors (Lipinski definition) is 2. The number of para-hydroxylation sites is 2. The second kappa shape index (κ2) is 12.4. The Kier molecular flexibility index (Phi) is 8.74. The summed E-state index contributed by atoms with van der Waals surface area (Å²) in [6.45, 7) is 1.10. The number of nitrogens with zero attached hydrogens (tertiary/aromatic N) is 1. The maximum absolute atomic E-state index is 13.7. The highest BCUT2D eigenvalue weighted by Gasteiger charge is 2.35. The van der Waals surface area contributed by atoms with Gasteiger partial charge in [-0.2, -0.15) is 0 Å². The lowest BCUT2D eigenvalue weighted by Gasteiger charge is -2.29. The number of carbonyl (C=O) groups is 2. The van der Waals surface area contributed by atoms with Gasteiger partial charge in [-0.05, 0) is 62.1 Å². The topological polar surface area (TPSA) is 128 Å². The third-order valence-corrected chi connectivity index (χ3v) is 9.10. The van der Waals surface area contributed by atoms with E-state index in [1.165, 1.54) is 0 Å². The fourth-order valence-electron chi connectivity index (χ4n) is 4.94. The molecule has 0 unspecified atom stereocenters. The van der Waals surface area contributed by atoms with Gasteiger partial charge in [0.05, 0.1) is 17.5 Å². The molecule has 1 saturated carbocycles. The van der Waals surface area contributed by atoms with E-state index in [0.717, 1.165) is 18.4 Å². The second-order valence-electron chi connectivity index (χ2n) is 10.6. The van der Waals surface area contributed by atoms with Gasteiger partial charge in [-0.25, -0.2) is 13.4 Å². The Morgan fingerprint density at radius 1 is 0.949 bits per heavy atom. The van der Waals surface area contributed by atoms with Crippen molar-refractivity contribution < 1.29 is 27.2 Å². The number of ketones is 1. The molecule has 2 aliphatic rings. The first-order valence-electron chi connectivity index (χ1n) is 13.6. The lowest BCUT2D eigenvalue weighted by Crippen LogP contribution is -2.56. The van der Waals surface area contributed by atoms with Gasteiger partial charge >= 0.3 is 0 Å². The zero-order chi connectivity index (χ0) is 27.2. The first-order valence-corrected chi connectivity index (χ1v) is 15.5. The number of rotatable bonds is 13. The average Bonchev–Trinajstić information content (AvgIpc) is 3.63. The molecule has 1 amide bonds. The summed E-state index contributed by atoms with van der Waals surface area (Å²) in [6, 6.07) is 14.8. The third-order valence-electron chi connectivity index (χ3n) is 7.28. The molecule has 0 spiro atoms. The smallest absolute Gasteiger partial charge is 0.266 e. The molecular weight excluding hydrogens is 518 g/mol. The summed E-state index contributed by atoms with van der Waals surface area (Å²) in [5, 5.41) is 6.13. The molecule has 5 rings (SSSR count). The summed E-state index contributed by atoms with van der Waals surface area (Å²) < 4.78 is 37.1. The van der Waals surface area contributed by atoms with Crippen LogP contribution in [0.2, 0.25) is 0 Å². The molecule has 1 saturated heterocycles. The highest BCUT2D eigenvalue weighted by atomic mass is 32.2. The van der Waals surface area contributed by atoms with Crippen molar-refractivity contribution in [2.45, 2.75) is 56.7 Å². The minimum absolute atomic E-state index is 0.0406. The number of oxazole rings is 1. The van der Waals surface area contributed by atoms with Gasteiger partial charge in [0.1, 0.15) is 11.6 Å². The van der Waals surface area contributed by atoms with E-state index in [9.17, 15) is 18.0 Å². The van der Waals surface area contributed by atoms with E-state index in [4.69, 9.17) is 9.15 Å². The van der Waals surface area contributed by atoms with Gasteiger partial charge in [-0.15, -0.1) is 0 Å². The van der Waals surface area contributed by atoms with E-state index in [2.05, 4.69) is 15.6 Å². The lowest BCUT2D eigenvalue weighted by molar-refractivity contribution is -0.123. The van der Waals surface area contributed by atoms with Crippen LogP contribution in [0.5, 0.6) is 0 Å². The minimum atomic E-state index is -3.46. The lowest BCUT2D eigenvalue weighted by atomic mass is 10.0. The molecule has 3 aromatic rings. The molecule has 2 heterocycles. The van der Waals surface area contributed by atoms with Crippen molar-refractivity contribution in [1.29, 1.82) is 0 Å². The van der Waals surface area contributed by atoms with E-state index in [-0.39, 0.29) is 29.4 Å². The zero-order valence-corrected chi connectivity index (χ0v) is 22.7. The number of hydrogen-bond acceptors (Lipinski definition) is 8. The number of Topliss-reactive ketones (excluding diaryl/α,β-unsaturated/α-hetero) is 1. The molecule has 9 nitrogen and oxygen atoms in total.